The second-order valence-corrected chi connectivity index (χ2v) is 5.06. The predicted octanol–water partition coefficient (Wildman–Crippen LogP) is 3.58. The summed E-state index contributed by atoms with van der Waals surface area (Å²) >= 11 is 1.44. The second-order valence-electron chi connectivity index (χ2n) is 4.27. The summed E-state index contributed by atoms with van der Waals surface area (Å²) < 4.78 is 0. The fraction of sp³-hybridized carbons (Fsp3) is 0.0625. The molecule has 4 heteroatoms. The van der Waals surface area contributed by atoms with Gasteiger partial charge in [0.25, 0.3) is 0 Å². The van der Waals surface area contributed by atoms with Crippen LogP contribution in [-0.2, 0) is 0 Å². The monoisotopic (exact) mass is 280 g/mol. The number of nitrogens with zero attached hydrogens (tertiary/aromatic N) is 2. The highest BCUT2D eigenvalue weighted by Gasteiger charge is 2.17. The van der Waals surface area contributed by atoms with Gasteiger partial charge in [0.2, 0.25) is 5.78 Å². The van der Waals surface area contributed by atoms with Gasteiger partial charge < -0.3 is 0 Å². The van der Waals surface area contributed by atoms with E-state index in [0.717, 1.165) is 11.0 Å². The number of carbonyl (C=O) groups is 1. The number of aromatic nitrogens is 2. The number of hydrogen-bond donors (Lipinski definition) is 0. The van der Waals surface area contributed by atoms with Gasteiger partial charge in [-0.25, -0.2) is 9.97 Å². The van der Waals surface area contributed by atoms with Crippen LogP contribution >= 0.6 is 11.8 Å². The van der Waals surface area contributed by atoms with Gasteiger partial charge >= 0.3 is 0 Å². The van der Waals surface area contributed by atoms with Crippen molar-refractivity contribution in [3.63, 3.8) is 0 Å². The van der Waals surface area contributed by atoms with Gasteiger partial charge in [-0.05, 0) is 18.4 Å². The molecule has 0 saturated heterocycles. The summed E-state index contributed by atoms with van der Waals surface area (Å²) in [5.74, 6) is -0.0896. The Kier molecular flexibility index (Phi) is 3.48. The zero-order valence-corrected chi connectivity index (χ0v) is 11.7. The first-order valence-corrected chi connectivity index (χ1v) is 7.42. The number of benzene rings is 2. The van der Waals surface area contributed by atoms with Gasteiger partial charge in [-0.3, -0.25) is 4.79 Å². The lowest BCUT2D eigenvalue weighted by Gasteiger charge is -2.07. The number of fused-ring (bicyclic) bond motifs is 1. The van der Waals surface area contributed by atoms with Crippen molar-refractivity contribution in [2.45, 2.75) is 5.03 Å². The van der Waals surface area contributed by atoms with Crippen LogP contribution in [0.4, 0.5) is 0 Å². The molecule has 2 aromatic carbocycles. The van der Waals surface area contributed by atoms with E-state index in [1.807, 2.05) is 48.7 Å². The van der Waals surface area contributed by atoms with E-state index >= 15 is 0 Å². The Labute approximate surface area is 121 Å². The third-order valence-corrected chi connectivity index (χ3v) is 3.65. The molecule has 0 aliphatic heterocycles. The topological polar surface area (TPSA) is 42.9 Å². The number of rotatable bonds is 3. The van der Waals surface area contributed by atoms with Crippen LogP contribution in [0, 0.1) is 0 Å². The van der Waals surface area contributed by atoms with Crippen LogP contribution in [0.1, 0.15) is 16.1 Å². The van der Waals surface area contributed by atoms with E-state index in [9.17, 15) is 4.79 Å². The molecular weight excluding hydrogens is 268 g/mol. The normalized spacial score (nSPS) is 10.7. The summed E-state index contributed by atoms with van der Waals surface area (Å²) in [4.78, 5) is 21.6. The zero-order chi connectivity index (χ0) is 13.9. The van der Waals surface area contributed by atoms with Crippen LogP contribution in [-0.4, -0.2) is 22.0 Å². The smallest absolute Gasteiger partial charge is 0.214 e. The molecule has 0 aliphatic rings. The van der Waals surface area contributed by atoms with Crippen molar-refractivity contribution in [1.82, 2.24) is 9.97 Å². The molecule has 0 saturated carbocycles. The molecule has 0 unspecified atom stereocenters. The van der Waals surface area contributed by atoms with Gasteiger partial charge in [0.05, 0.1) is 11.0 Å². The first-order chi connectivity index (χ1) is 9.79. The maximum Gasteiger partial charge on any atom is 0.214 e. The Balaban J connectivity index is 2.17. The van der Waals surface area contributed by atoms with E-state index in [2.05, 4.69) is 9.97 Å². The third kappa shape index (κ3) is 2.30. The zero-order valence-electron chi connectivity index (χ0n) is 10.9. The Hall–Kier alpha value is -2.20. The molecule has 3 rings (SSSR count). The summed E-state index contributed by atoms with van der Waals surface area (Å²) in [5, 5.41) is 0.664. The van der Waals surface area contributed by atoms with Gasteiger partial charge in [-0.2, -0.15) is 0 Å². The average molecular weight is 280 g/mol. The lowest BCUT2D eigenvalue weighted by atomic mass is 10.1. The lowest BCUT2D eigenvalue weighted by Crippen LogP contribution is -2.07. The first kappa shape index (κ1) is 12.8. The maximum atomic E-state index is 12.6. The average Bonchev–Trinajstić information content (AvgIpc) is 2.53. The minimum Gasteiger partial charge on any atom is -0.287 e. The Bertz CT molecular complexity index is 772. The van der Waals surface area contributed by atoms with Crippen LogP contribution in [0.15, 0.2) is 59.6 Å². The van der Waals surface area contributed by atoms with Gasteiger partial charge in [-0.15, -0.1) is 11.8 Å². The number of thioether (sulfide) groups is 1. The summed E-state index contributed by atoms with van der Waals surface area (Å²) in [6.07, 6.45) is 1.90. The standard InChI is InChI=1S/C16H12N2OS/c1-20-16-14(15(19)11-7-3-2-4-8-11)17-12-9-5-6-10-13(12)18-16/h2-10H,1H3. The van der Waals surface area contributed by atoms with Crippen LogP contribution in [0.3, 0.4) is 0 Å². The highest BCUT2D eigenvalue weighted by Crippen LogP contribution is 2.22. The number of para-hydroxylation sites is 2. The van der Waals surface area contributed by atoms with Crippen LogP contribution in [0.2, 0.25) is 0 Å². The van der Waals surface area contributed by atoms with Gasteiger partial charge in [0.15, 0.2) is 0 Å². The highest BCUT2D eigenvalue weighted by molar-refractivity contribution is 7.98. The third-order valence-electron chi connectivity index (χ3n) is 2.98. The molecule has 1 aromatic heterocycles. The molecule has 3 nitrogen and oxygen atoms in total. The van der Waals surface area contributed by atoms with Crippen molar-refractivity contribution >= 4 is 28.6 Å². The molecule has 0 amide bonds. The lowest BCUT2D eigenvalue weighted by molar-refractivity contribution is 0.103. The number of hydrogen-bond acceptors (Lipinski definition) is 4. The second kappa shape index (κ2) is 5.43. The quantitative estimate of drug-likeness (QED) is 0.543. The Morgan fingerprint density at radius 3 is 2.15 bits per heavy atom. The molecule has 20 heavy (non-hydrogen) atoms. The summed E-state index contributed by atoms with van der Waals surface area (Å²) in [6.45, 7) is 0. The SMILES string of the molecule is CSc1nc2ccccc2nc1C(=O)c1ccccc1. The van der Waals surface area contributed by atoms with E-state index in [4.69, 9.17) is 0 Å². The summed E-state index contributed by atoms with van der Waals surface area (Å²) in [7, 11) is 0. The first-order valence-electron chi connectivity index (χ1n) is 6.20. The summed E-state index contributed by atoms with van der Waals surface area (Å²) in [5.41, 5.74) is 2.60. The van der Waals surface area contributed by atoms with E-state index in [-0.39, 0.29) is 5.78 Å². The molecule has 0 aliphatic carbocycles. The van der Waals surface area contributed by atoms with Crippen LogP contribution in [0.25, 0.3) is 11.0 Å². The van der Waals surface area contributed by atoms with Gasteiger partial charge in [0.1, 0.15) is 10.7 Å². The van der Waals surface area contributed by atoms with Gasteiger partial charge in [0, 0.05) is 5.56 Å². The molecule has 0 fully saturated rings. The van der Waals surface area contributed by atoms with Crippen molar-refractivity contribution in [2.24, 2.45) is 0 Å². The summed E-state index contributed by atoms with van der Waals surface area (Å²) in [6, 6.07) is 16.8. The van der Waals surface area contributed by atoms with Crippen molar-refractivity contribution in [1.29, 1.82) is 0 Å². The van der Waals surface area contributed by atoms with E-state index in [1.54, 1.807) is 12.1 Å². The van der Waals surface area contributed by atoms with Crippen molar-refractivity contribution in [3.8, 4) is 0 Å². The molecule has 0 atom stereocenters. The molecule has 0 bridgehead atoms. The molecular formula is C16H12N2OS. The largest absolute Gasteiger partial charge is 0.287 e. The molecule has 0 N–H and O–H groups in total. The van der Waals surface area contributed by atoms with Crippen molar-refractivity contribution in [3.05, 3.63) is 65.9 Å². The fourth-order valence-electron chi connectivity index (χ4n) is 2.00. The van der Waals surface area contributed by atoms with Crippen molar-refractivity contribution < 1.29 is 4.79 Å². The maximum absolute atomic E-state index is 12.6. The molecule has 98 valence electrons. The van der Waals surface area contributed by atoms with E-state index < -0.39 is 0 Å². The molecule has 3 aromatic rings. The van der Waals surface area contributed by atoms with Crippen molar-refractivity contribution in [2.75, 3.05) is 6.26 Å². The predicted molar refractivity (Wildman–Crippen MR) is 81.2 cm³/mol. The number of ketones is 1. The molecule has 0 radical (unpaired) electrons. The molecule has 1 heterocycles. The van der Waals surface area contributed by atoms with Crippen LogP contribution in [0.5, 0.6) is 0 Å². The highest BCUT2D eigenvalue weighted by atomic mass is 32.2. The van der Waals surface area contributed by atoms with E-state index in [1.165, 1.54) is 11.8 Å². The van der Waals surface area contributed by atoms with E-state index in [0.29, 0.717) is 16.3 Å². The Morgan fingerprint density at radius 2 is 1.50 bits per heavy atom. The fourth-order valence-corrected chi connectivity index (χ4v) is 2.52. The number of carbonyl (C=O) groups excluding carboxylic acids is 1. The minimum absolute atomic E-state index is 0.0896. The van der Waals surface area contributed by atoms with Crippen LogP contribution < -0.4 is 0 Å². The van der Waals surface area contributed by atoms with Gasteiger partial charge in [-0.1, -0.05) is 42.5 Å². The minimum atomic E-state index is -0.0896. The molecule has 0 spiro atoms. The Morgan fingerprint density at radius 1 is 0.900 bits per heavy atom.